The lowest BCUT2D eigenvalue weighted by Gasteiger charge is -2.13. The largest absolute Gasteiger partial charge is 0.165 e. The van der Waals surface area contributed by atoms with Crippen LogP contribution < -0.4 is 0 Å². The fraction of sp³-hybridized carbons (Fsp3) is 1.00. The quantitative estimate of drug-likeness (QED) is 0.496. The van der Waals surface area contributed by atoms with Crippen molar-refractivity contribution in [3.8, 4) is 0 Å². The van der Waals surface area contributed by atoms with Gasteiger partial charge in [0.05, 0.1) is 0 Å². The Balaban J connectivity index is 3.32. The minimum absolute atomic E-state index is 0.481. The van der Waals surface area contributed by atoms with E-state index in [0.717, 1.165) is 0 Å². The maximum Gasteiger partial charge on any atom is 0.0483 e. The first kappa shape index (κ1) is 12.0. The molecule has 0 saturated carbocycles. The first-order valence-corrected chi connectivity index (χ1v) is 6.19. The van der Waals surface area contributed by atoms with Gasteiger partial charge in [-0.15, -0.1) is 11.8 Å². The zero-order valence-corrected chi connectivity index (χ0v) is 9.89. The molecule has 0 aromatic rings. The van der Waals surface area contributed by atoms with Gasteiger partial charge in [0.15, 0.2) is 0 Å². The summed E-state index contributed by atoms with van der Waals surface area (Å²) in [4.78, 5) is 0. The smallest absolute Gasteiger partial charge is 0.0483 e. The van der Waals surface area contributed by atoms with Crippen molar-refractivity contribution in [2.24, 2.45) is 0 Å². The normalized spacial score (nSPS) is 16.4. The van der Waals surface area contributed by atoms with E-state index in [1.807, 2.05) is 11.8 Å². The average molecular weight is 210 g/mol. The van der Waals surface area contributed by atoms with Crippen molar-refractivity contribution in [2.45, 2.75) is 48.7 Å². The molecule has 2 atom stereocenters. The van der Waals surface area contributed by atoms with Gasteiger partial charge in [0, 0.05) is 9.16 Å². The Labute approximate surface area is 85.7 Å². The predicted molar refractivity (Wildman–Crippen MR) is 63.0 cm³/mol. The summed E-state index contributed by atoms with van der Waals surface area (Å²) >= 11 is 10.8. The van der Waals surface area contributed by atoms with Crippen LogP contribution in [0.25, 0.3) is 0 Å². The third-order valence-electron chi connectivity index (χ3n) is 1.39. The molecule has 68 valence electrons. The van der Waals surface area contributed by atoms with Crippen LogP contribution in [0.15, 0.2) is 0 Å². The predicted octanol–water partition coefficient (Wildman–Crippen LogP) is 3.83. The Hall–Kier alpha value is 1.05. The van der Waals surface area contributed by atoms with E-state index in [9.17, 15) is 0 Å². The molecule has 0 aromatic heterocycles. The summed E-state index contributed by atoms with van der Waals surface area (Å²) in [6.07, 6.45) is 4.81. The van der Waals surface area contributed by atoms with Gasteiger partial charge >= 0.3 is 0 Å². The molecule has 2 unspecified atom stereocenters. The van der Waals surface area contributed by atoms with E-state index in [1.165, 1.54) is 25.7 Å². The van der Waals surface area contributed by atoms with Gasteiger partial charge in [-0.1, -0.05) is 26.7 Å². The van der Waals surface area contributed by atoms with E-state index in [2.05, 4.69) is 39.1 Å². The van der Waals surface area contributed by atoms with Gasteiger partial charge < -0.3 is 0 Å². The Morgan fingerprint density at radius 1 is 1.00 bits per heavy atom. The summed E-state index contributed by atoms with van der Waals surface area (Å²) in [5.74, 6) is 0. The van der Waals surface area contributed by atoms with Crippen molar-refractivity contribution in [1.82, 2.24) is 0 Å². The van der Waals surface area contributed by atoms with Crippen LogP contribution in [0.5, 0.6) is 0 Å². The number of thioether (sulfide) groups is 1. The van der Waals surface area contributed by atoms with Crippen LogP contribution in [0.3, 0.4) is 0 Å². The number of rotatable bonds is 6. The number of hydrogen-bond acceptors (Lipinski definition) is 3. The molecule has 0 rings (SSSR count). The van der Waals surface area contributed by atoms with Gasteiger partial charge in [0.1, 0.15) is 0 Å². The molecule has 0 bridgehead atoms. The SMILES string of the molecule is CCCC(S)SC(S)CCC. The Kier molecular flexibility index (Phi) is 8.42. The van der Waals surface area contributed by atoms with Gasteiger partial charge in [-0.3, -0.25) is 0 Å². The number of hydrogen-bond donors (Lipinski definition) is 2. The zero-order valence-electron chi connectivity index (χ0n) is 7.29. The molecule has 0 aliphatic rings. The second kappa shape index (κ2) is 7.69. The van der Waals surface area contributed by atoms with Crippen LogP contribution in [-0.2, 0) is 0 Å². The maximum atomic E-state index is 4.46. The van der Waals surface area contributed by atoms with Crippen molar-refractivity contribution in [3.63, 3.8) is 0 Å². The summed E-state index contributed by atoms with van der Waals surface area (Å²) in [6.45, 7) is 4.38. The van der Waals surface area contributed by atoms with E-state index in [1.54, 1.807) is 0 Å². The van der Waals surface area contributed by atoms with Gasteiger partial charge in [0.25, 0.3) is 0 Å². The first-order chi connectivity index (χ1) is 5.20. The second-order valence-corrected chi connectivity index (χ2v) is 5.98. The highest BCUT2D eigenvalue weighted by Crippen LogP contribution is 2.29. The molecular weight excluding hydrogens is 192 g/mol. The van der Waals surface area contributed by atoms with Gasteiger partial charge in [-0.25, -0.2) is 0 Å². The maximum absolute atomic E-state index is 4.46. The number of thiol groups is 2. The van der Waals surface area contributed by atoms with Crippen LogP contribution in [0.4, 0.5) is 0 Å². The summed E-state index contributed by atoms with van der Waals surface area (Å²) in [5.41, 5.74) is 0. The molecular formula is C8H18S3. The van der Waals surface area contributed by atoms with Crippen LogP contribution in [0.2, 0.25) is 0 Å². The van der Waals surface area contributed by atoms with Crippen molar-refractivity contribution < 1.29 is 0 Å². The highest BCUT2D eigenvalue weighted by Gasteiger charge is 2.08. The van der Waals surface area contributed by atoms with Crippen LogP contribution >= 0.6 is 37.0 Å². The summed E-state index contributed by atoms with van der Waals surface area (Å²) in [6, 6.07) is 0. The lowest BCUT2D eigenvalue weighted by molar-refractivity contribution is 0.852. The molecule has 0 N–H and O–H groups in total. The minimum Gasteiger partial charge on any atom is -0.165 e. The van der Waals surface area contributed by atoms with Crippen molar-refractivity contribution >= 4 is 37.0 Å². The molecule has 0 nitrogen and oxygen atoms in total. The molecule has 0 spiro atoms. The summed E-state index contributed by atoms with van der Waals surface area (Å²) in [5, 5.41) is 0. The van der Waals surface area contributed by atoms with E-state index < -0.39 is 0 Å². The van der Waals surface area contributed by atoms with E-state index in [4.69, 9.17) is 0 Å². The van der Waals surface area contributed by atoms with Crippen molar-refractivity contribution in [2.75, 3.05) is 0 Å². The van der Waals surface area contributed by atoms with Gasteiger partial charge in [-0.05, 0) is 12.8 Å². The van der Waals surface area contributed by atoms with E-state index in [-0.39, 0.29) is 0 Å². The van der Waals surface area contributed by atoms with Gasteiger partial charge in [0.2, 0.25) is 0 Å². The molecule has 0 aliphatic carbocycles. The molecule has 0 saturated heterocycles. The zero-order chi connectivity index (χ0) is 8.69. The van der Waals surface area contributed by atoms with Crippen LogP contribution in [0.1, 0.15) is 39.5 Å². The molecule has 3 heteroatoms. The third-order valence-corrected chi connectivity index (χ3v) is 3.73. The Morgan fingerprint density at radius 2 is 1.36 bits per heavy atom. The van der Waals surface area contributed by atoms with Crippen LogP contribution in [0, 0.1) is 0 Å². The topological polar surface area (TPSA) is 0 Å². The molecule has 0 amide bonds. The fourth-order valence-electron chi connectivity index (χ4n) is 0.811. The second-order valence-electron chi connectivity index (χ2n) is 2.62. The molecule has 0 aromatic carbocycles. The highest BCUT2D eigenvalue weighted by molar-refractivity contribution is 8.16. The van der Waals surface area contributed by atoms with Crippen LogP contribution in [-0.4, -0.2) is 9.16 Å². The third kappa shape index (κ3) is 7.41. The lowest BCUT2D eigenvalue weighted by atomic mass is 10.4. The lowest BCUT2D eigenvalue weighted by Crippen LogP contribution is -1.99. The molecule has 0 fully saturated rings. The highest BCUT2D eigenvalue weighted by atomic mass is 32.2. The Morgan fingerprint density at radius 3 is 1.64 bits per heavy atom. The Bertz CT molecular complexity index is 75.4. The van der Waals surface area contributed by atoms with E-state index >= 15 is 0 Å². The average Bonchev–Trinajstić information content (AvgIpc) is 1.87. The minimum atomic E-state index is 0.481. The summed E-state index contributed by atoms with van der Waals surface area (Å²) < 4.78 is 0.961. The molecule has 0 radical (unpaired) electrons. The summed E-state index contributed by atoms with van der Waals surface area (Å²) in [7, 11) is 0. The van der Waals surface area contributed by atoms with E-state index in [0.29, 0.717) is 9.16 Å². The standard InChI is InChI=1S/C8H18S3/c1-3-5-7(9)11-8(10)6-4-2/h7-10H,3-6H2,1-2H3. The fourth-order valence-corrected chi connectivity index (χ4v) is 3.60. The monoisotopic (exact) mass is 210 g/mol. The first-order valence-electron chi connectivity index (χ1n) is 4.22. The molecule has 0 heterocycles. The van der Waals surface area contributed by atoms with Crippen molar-refractivity contribution in [1.29, 1.82) is 0 Å². The molecule has 11 heavy (non-hydrogen) atoms. The van der Waals surface area contributed by atoms with Gasteiger partial charge in [-0.2, -0.15) is 25.3 Å². The molecule has 0 aliphatic heterocycles. The van der Waals surface area contributed by atoms with Crippen molar-refractivity contribution in [3.05, 3.63) is 0 Å².